The summed E-state index contributed by atoms with van der Waals surface area (Å²) >= 11 is 4.85. The van der Waals surface area contributed by atoms with Crippen molar-refractivity contribution < 1.29 is 13.2 Å². The number of hydrogen-bond acceptors (Lipinski definition) is 4. The zero-order valence-corrected chi connectivity index (χ0v) is 13.8. The van der Waals surface area contributed by atoms with E-state index in [4.69, 9.17) is 22.7 Å². The Bertz CT molecular complexity index is 542. The van der Waals surface area contributed by atoms with E-state index in [-0.39, 0.29) is 12.3 Å². The molecule has 1 rings (SSSR count). The fourth-order valence-electron chi connectivity index (χ4n) is 1.65. The van der Waals surface area contributed by atoms with Gasteiger partial charge in [-0.3, -0.25) is 0 Å². The molecule has 0 heterocycles. The van der Waals surface area contributed by atoms with Crippen LogP contribution in [0.4, 0.5) is 0 Å². The fraction of sp³-hybridized carbons (Fsp3) is 0.500. The van der Waals surface area contributed by atoms with Crippen molar-refractivity contribution in [2.75, 3.05) is 19.8 Å². The summed E-state index contributed by atoms with van der Waals surface area (Å²) in [5.74, 6) is -0.0699. The van der Waals surface area contributed by atoms with E-state index in [0.29, 0.717) is 23.8 Å². The number of thiocarbonyl (C=S) groups is 1. The van der Waals surface area contributed by atoms with Crippen LogP contribution < -0.4 is 10.5 Å². The van der Waals surface area contributed by atoms with Crippen molar-refractivity contribution in [2.24, 2.45) is 5.73 Å². The highest BCUT2D eigenvalue weighted by Gasteiger charge is 2.11. The van der Waals surface area contributed by atoms with E-state index in [1.54, 1.807) is 24.3 Å². The molecule has 3 N–H and O–H groups in total. The molecule has 0 spiro atoms. The Morgan fingerprint density at radius 2 is 1.95 bits per heavy atom. The number of sulfonamides is 1. The van der Waals surface area contributed by atoms with Crippen molar-refractivity contribution in [3.05, 3.63) is 35.4 Å². The van der Waals surface area contributed by atoms with E-state index < -0.39 is 10.0 Å². The molecule has 0 saturated carbocycles. The first-order valence-electron chi connectivity index (χ1n) is 6.88. The maximum atomic E-state index is 11.9. The van der Waals surface area contributed by atoms with E-state index in [1.165, 1.54) is 0 Å². The topological polar surface area (TPSA) is 81.4 Å². The van der Waals surface area contributed by atoms with Gasteiger partial charge in [0.15, 0.2) is 0 Å². The van der Waals surface area contributed by atoms with Crippen LogP contribution in [0.15, 0.2) is 24.3 Å². The molecule has 0 amide bonds. The highest BCUT2D eigenvalue weighted by atomic mass is 32.2. The summed E-state index contributed by atoms with van der Waals surface area (Å²) in [5, 5.41) is 0. The van der Waals surface area contributed by atoms with Crippen LogP contribution in [-0.2, 0) is 20.5 Å². The lowest BCUT2D eigenvalue weighted by molar-refractivity contribution is 0.136. The van der Waals surface area contributed by atoms with Crippen LogP contribution in [0.2, 0.25) is 0 Å². The van der Waals surface area contributed by atoms with Gasteiger partial charge in [-0.05, 0) is 12.0 Å². The van der Waals surface area contributed by atoms with Crippen LogP contribution in [0.1, 0.15) is 30.9 Å². The molecular weight excluding hydrogens is 308 g/mol. The van der Waals surface area contributed by atoms with Crippen molar-refractivity contribution in [2.45, 2.75) is 25.5 Å². The van der Waals surface area contributed by atoms with Crippen LogP contribution in [0.25, 0.3) is 0 Å². The molecule has 1 aromatic rings. The third-order valence-electron chi connectivity index (χ3n) is 2.81. The second-order valence-electron chi connectivity index (χ2n) is 4.68. The van der Waals surface area contributed by atoms with Gasteiger partial charge >= 0.3 is 0 Å². The molecule has 0 unspecified atom stereocenters. The lowest BCUT2D eigenvalue weighted by atomic mass is 10.1. The first-order chi connectivity index (χ1) is 9.94. The molecule has 0 fully saturated rings. The van der Waals surface area contributed by atoms with Crippen LogP contribution in [0.3, 0.4) is 0 Å². The molecule has 118 valence electrons. The number of ether oxygens (including phenoxy) is 1. The van der Waals surface area contributed by atoms with Crippen molar-refractivity contribution in [3.8, 4) is 0 Å². The lowest BCUT2D eigenvalue weighted by Gasteiger charge is -2.08. The Kier molecular flexibility index (Phi) is 7.81. The monoisotopic (exact) mass is 330 g/mol. The predicted molar refractivity (Wildman–Crippen MR) is 88.7 cm³/mol. The van der Waals surface area contributed by atoms with Crippen LogP contribution in [0.5, 0.6) is 0 Å². The minimum atomic E-state index is -3.35. The first-order valence-corrected chi connectivity index (χ1v) is 8.94. The third-order valence-corrected chi connectivity index (χ3v) is 4.40. The van der Waals surface area contributed by atoms with Gasteiger partial charge in [-0.15, -0.1) is 0 Å². The minimum absolute atomic E-state index is 0.0699. The van der Waals surface area contributed by atoms with Crippen LogP contribution in [0, 0.1) is 0 Å². The summed E-state index contributed by atoms with van der Waals surface area (Å²) in [7, 11) is -3.35. The zero-order chi connectivity index (χ0) is 15.7. The summed E-state index contributed by atoms with van der Waals surface area (Å²) in [6, 6.07) is 6.87. The molecule has 0 saturated heterocycles. The summed E-state index contributed by atoms with van der Waals surface area (Å²) < 4.78 is 31.6. The number of benzene rings is 1. The van der Waals surface area contributed by atoms with Gasteiger partial charge < -0.3 is 10.5 Å². The van der Waals surface area contributed by atoms with E-state index >= 15 is 0 Å². The van der Waals surface area contributed by atoms with Crippen molar-refractivity contribution in [1.82, 2.24) is 4.72 Å². The second-order valence-corrected chi connectivity index (χ2v) is 6.93. The number of rotatable bonds is 10. The molecule has 0 bridgehead atoms. The molecule has 0 aliphatic heterocycles. The lowest BCUT2D eigenvalue weighted by Crippen LogP contribution is -2.28. The summed E-state index contributed by atoms with van der Waals surface area (Å²) in [6.07, 6.45) is 2.05. The summed E-state index contributed by atoms with van der Waals surface area (Å²) in [5.41, 5.74) is 6.91. The first kappa shape index (κ1) is 18.0. The average molecular weight is 330 g/mol. The van der Waals surface area contributed by atoms with Gasteiger partial charge in [0.2, 0.25) is 10.0 Å². The quantitative estimate of drug-likeness (QED) is 0.502. The third kappa shape index (κ3) is 7.52. The molecule has 0 aliphatic rings. The summed E-state index contributed by atoms with van der Waals surface area (Å²) in [4.78, 5) is 0.298. The molecule has 5 nitrogen and oxygen atoms in total. The van der Waals surface area contributed by atoms with E-state index in [1.807, 2.05) is 0 Å². The maximum Gasteiger partial charge on any atom is 0.215 e. The van der Waals surface area contributed by atoms with E-state index in [9.17, 15) is 8.42 Å². The molecule has 0 aliphatic carbocycles. The summed E-state index contributed by atoms with van der Waals surface area (Å²) in [6.45, 7) is 3.42. The SMILES string of the molecule is CCCCOCCNS(=O)(=O)Cc1ccc(C(N)=S)cc1. The maximum absolute atomic E-state index is 11.9. The number of hydrogen-bond donors (Lipinski definition) is 2. The normalized spacial score (nSPS) is 11.5. The fourth-order valence-corrected chi connectivity index (χ4v) is 2.92. The van der Waals surface area contributed by atoms with Crippen LogP contribution >= 0.6 is 12.2 Å². The smallest absolute Gasteiger partial charge is 0.215 e. The molecule has 21 heavy (non-hydrogen) atoms. The Balaban J connectivity index is 2.39. The zero-order valence-electron chi connectivity index (χ0n) is 12.2. The second kappa shape index (κ2) is 9.09. The molecule has 0 radical (unpaired) electrons. The highest BCUT2D eigenvalue weighted by molar-refractivity contribution is 7.88. The molecule has 1 aromatic carbocycles. The van der Waals surface area contributed by atoms with Crippen LogP contribution in [-0.4, -0.2) is 33.2 Å². The van der Waals surface area contributed by atoms with Gasteiger partial charge in [0.05, 0.1) is 12.4 Å². The molecule has 0 atom stereocenters. The Hall–Kier alpha value is -1.02. The molecule has 0 aromatic heterocycles. The largest absolute Gasteiger partial charge is 0.389 e. The van der Waals surface area contributed by atoms with E-state index in [0.717, 1.165) is 18.4 Å². The van der Waals surface area contributed by atoms with Crippen molar-refractivity contribution in [3.63, 3.8) is 0 Å². The highest BCUT2D eigenvalue weighted by Crippen LogP contribution is 2.07. The Morgan fingerprint density at radius 3 is 2.52 bits per heavy atom. The van der Waals surface area contributed by atoms with Gasteiger partial charge in [-0.25, -0.2) is 13.1 Å². The Morgan fingerprint density at radius 1 is 1.29 bits per heavy atom. The van der Waals surface area contributed by atoms with E-state index in [2.05, 4.69) is 11.6 Å². The van der Waals surface area contributed by atoms with Crippen molar-refractivity contribution in [1.29, 1.82) is 0 Å². The number of nitrogens with two attached hydrogens (primary N) is 1. The number of nitrogens with one attached hydrogen (secondary N) is 1. The van der Waals surface area contributed by atoms with Gasteiger partial charge in [0.25, 0.3) is 0 Å². The Labute approximate surface area is 131 Å². The van der Waals surface area contributed by atoms with Gasteiger partial charge in [-0.1, -0.05) is 49.8 Å². The predicted octanol–water partition coefficient (Wildman–Crippen LogP) is 1.56. The van der Waals surface area contributed by atoms with Crippen molar-refractivity contribution >= 4 is 27.2 Å². The average Bonchev–Trinajstić information content (AvgIpc) is 2.43. The minimum Gasteiger partial charge on any atom is -0.389 e. The number of unbranched alkanes of at least 4 members (excludes halogenated alkanes) is 1. The van der Waals surface area contributed by atoms with Gasteiger partial charge in [0, 0.05) is 18.7 Å². The molecule has 7 heteroatoms. The van der Waals surface area contributed by atoms with Gasteiger partial charge in [-0.2, -0.15) is 0 Å². The van der Waals surface area contributed by atoms with Gasteiger partial charge in [0.1, 0.15) is 4.99 Å². The molecular formula is C14H22N2O3S2. The standard InChI is InChI=1S/C14H22N2O3S2/c1-2-3-9-19-10-8-16-21(17,18)11-12-4-6-13(7-5-12)14(15)20/h4-7,16H,2-3,8-11H2,1H3,(H2,15,20).